The number of aliphatic carboxylic acids is 1. The maximum Gasteiger partial charge on any atom is 0.326 e. The van der Waals surface area contributed by atoms with E-state index in [2.05, 4.69) is 21.2 Å². The molecule has 0 unspecified atom stereocenters. The highest BCUT2D eigenvalue weighted by atomic mass is 127. The largest absolute Gasteiger partial charge is 0.506 e. The van der Waals surface area contributed by atoms with Gasteiger partial charge >= 0.3 is 5.97 Å². The van der Waals surface area contributed by atoms with Crippen molar-refractivity contribution in [3.05, 3.63) is 25.7 Å². The van der Waals surface area contributed by atoms with E-state index in [0.29, 0.717) is 18.1 Å². The molecule has 0 aliphatic rings. The van der Waals surface area contributed by atoms with Crippen molar-refractivity contribution in [1.82, 2.24) is 5.32 Å². The van der Waals surface area contributed by atoms with Crippen molar-refractivity contribution < 1.29 is 24.3 Å². The maximum absolute atomic E-state index is 11.9. The number of benzene rings is 1. The lowest BCUT2D eigenvalue weighted by molar-refractivity contribution is -0.862. The minimum Gasteiger partial charge on any atom is -0.506 e. The number of carbonyl (C=O) groups is 2. The number of quaternary nitrogens is 1. The Bertz CT molecular complexity index is 564. The van der Waals surface area contributed by atoms with E-state index in [1.165, 1.54) is 0 Å². The van der Waals surface area contributed by atoms with Crippen molar-refractivity contribution >= 4 is 50.4 Å². The van der Waals surface area contributed by atoms with Crippen molar-refractivity contribution in [2.24, 2.45) is 0 Å². The van der Waals surface area contributed by atoms with Crippen LogP contribution < -0.4 is 5.32 Å². The third-order valence-electron chi connectivity index (χ3n) is 2.77. The molecule has 0 saturated heterocycles. The number of amides is 1. The number of hydrogen-bond acceptors (Lipinski definition) is 3. The van der Waals surface area contributed by atoms with Gasteiger partial charge in [0.1, 0.15) is 11.8 Å². The van der Waals surface area contributed by atoms with Crippen LogP contribution in [0.3, 0.4) is 0 Å². The molecule has 1 atom stereocenters. The fourth-order valence-electron chi connectivity index (χ4n) is 1.84. The highest BCUT2D eigenvalue weighted by Gasteiger charge is 2.24. The number of rotatable bonds is 6. The molecule has 0 aromatic heterocycles. The Morgan fingerprint density at radius 2 is 1.95 bits per heavy atom. The Labute approximate surface area is 151 Å². The van der Waals surface area contributed by atoms with E-state index in [1.807, 2.05) is 43.7 Å². The van der Waals surface area contributed by atoms with Gasteiger partial charge in [0.15, 0.2) is 6.54 Å². The van der Waals surface area contributed by atoms with E-state index in [0.717, 1.165) is 0 Å². The molecule has 0 aliphatic carbocycles. The monoisotopic (exact) mass is 485 g/mol. The fraction of sp³-hybridized carbons (Fsp3) is 0.429. The molecule has 1 aromatic carbocycles. The van der Waals surface area contributed by atoms with Crippen molar-refractivity contribution in [3.63, 3.8) is 0 Å². The van der Waals surface area contributed by atoms with E-state index in [9.17, 15) is 19.8 Å². The first-order valence-electron chi connectivity index (χ1n) is 6.49. The number of carboxylic acid groups (broad SMARTS) is 1. The summed E-state index contributed by atoms with van der Waals surface area (Å²) in [5.41, 5.74) is 0.715. The third-order valence-corrected chi connectivity index (χ3v) is 4.19. The Balaban J connectivity index is 2.85. The van der Waals surface area contributed by atoms with Gasteiger partial charge in [-0.3, -0.25) is 4.79 Å². The zero-order valence-corrected chi connectivity index (χ0v) is 16.3. The summed E-state index contributed by atoms with van der Waals surface area (Å²) in [5, 5.41) is 21.5. The lowest BCUT2D eigenvalue weighted by Gasteiger charge is -2.24. The molecule has 0 aliphatic heterocycles. The van der Waals surface area contributed by atoms with Crippen molar-refractivity contribution in [1.29, 1.82) is 0 Å². The Morgan fingerprint density at radius 1 is 1.36 bits per heavy atom. The standard InChI is InChI=1S/C14H18BrIN2O4/c1-18(2,3)7-12(19)17-11(14(21)22)6-8-4-9(15)13(20)10(16)5-8/h4-5,11H,6-7H2,1-3H3,(H2-,17,19,20,21,22)/p+1/t11-/m0/s1. The highest BCUT2D eigenvalue weighted by Crippen LogP contribution is 2.30. The number of nitrogens with one attached hydrogen (secondary N) is 1. The SMILES string of the molecule is C[N+](C)(C)CC(=O)N[C@@H](Cc1cc(Br)c(O)c(I)c1)C(=O)O. The zero-order chi connectivity index (χ0) is 17.1. The van der Waals surface area contributed by atoms with Crippen LogP contribution in [0, 0.1) is 3.57 Å². The Hall–Kier alpha value is -0.870. The highest BCUT2D eigenvalue weighted by molar-refractivity contribution is 14.1. The molecule has 1 amide bonds. The van der Waals surface area contributed by atoms with Crippen LogP contribution in [0.25, 0.3) is 0 Å². The molecule has 1 rings (SSSR count). The minimum atomic E-state index is -1.09. The van der Waals surface area contributed by atoms with Gasteiger partial charge in [-0.05, 0) is 56.2 Å². The smallest absolute Gasteiger partial charge is 0.326 e. The summed E-state index contributed by atoms with van der Waals surface area (Å²) in [7, 11) is 5.57. The summed E-state index contributed by atoms with van der Waals surface area (Å²) >= 11 is 5.19. The molecule has 22 heavy (non-hydrogen) atoms. The number of likely N-dealkylation sites (N-methyl/N-ethyl adjacent to an activating group) is 1. The second-order valence-electron chi connectivity index (χ2n) is 6.02. The van der Waals surface area contributed by atoms with Gasteiger partial charge < -0.3 is 20.0 Å². The topological polar surface area (TPSA) is 86.6 Å². The molecular weight excluding hydrogens is 467 g/mol. The van der Waals surface area contributed by atoms with Crippen LogP contribution in [-0.2, 0) is 16.0 Å². The van der Waals surface area contributed by atoms with Gasteiger partial charge in [0.25, 0.3) is 5.91 Å². The van der Waals surface area contributed by atoms with E-state index >= 15 is 0 Å². The van der Waals surface area contributed by atoms with Gasteiger partial charge in [-0.1, -0.05) is 0 Å². The van der Waals surface area contributed by atoms with E-state index in [4.69, 9.17) is 0 Å². The van der Waals surface area contributed by atoms with Crippen molar-refractivity contribution in [2.75, 3.05) is 27.7 Å². The first-order valence-corrected chi connectivity index (χ1v) is 8.36. The fourth-order valence-corrected chi connectivity index (χ4v) is 3.41. The average molecular weight is 486 g/mol. The summed E-state index contributed by atoms with van der Waals surface area (Å²) in [5.74, 6) is -1.29. The first kappa shape index (κ1) is 19.2. The predicted octanol–water partition coefficient (Wildman–Crippen LogP) is 1.58. The number of phenols is 1. The molecule has 0 radical (unpaired) electrons. The zero-order valence-electron chi connectivity index (χ0n) is 12.6. The molecule has 0 fully saturated rings. The van der Waals surface area contributed by atoms with Crippen LogP contribution >= 0.6 is 38.5 Å². The lowest BCUT2D eigenvalue weighted by atomic mass is 10.1. The molecular formula is C14H19BrIN2O4+. The van der Waals surface area contributed by atoms with Gasteiger partial charge in [-0.2, -0.15) is 0 Å². The van der Waals surface area contributed by atoms with Gasteiger partial charge in [0.2, 0.25) is 0 Å². The number of hydrogen-bond donors (Lipinski definition) is 3. The molecule has 8 heteroatoms. The summed E-state index contributed by atoms with van der Waals surface area (Å²) in [6.07, 6.45) is 0.146. The van der Waals surface area contributed by atoms with Crippen LogP contribution in [0.1, 0.15) is 5.56 Å². The molecule has 6 nitrogen and oxygen atoms in total. The van der Waals surface area contributed by atoms with Gasteiger partial charge in [0.05, 0.1) is 29.2 Å². The Morgan fingerprint density at radius 3 is 2.41 bits per heavy atom. The van der Waals surface area contributed by atoms with Crippen LogP contribution in [0.2, 0.25) is 0 Å². The summed E-state index contributed by atoms with van der Waals surface area (Å²) < 4.78 is 1.53. The second-order valence-corrected chi connectivity index (χ2v) is 8.04. The molecule has 3 N–H and O–H groups in total. The van der Waals surface area contributed by atoms with Gasteiger partial charge in [0, 0.05) is 6.42 Å². The van der Waals surface area contributed by atoms with Crippen LogP contribution in [-0.4, -0.2) is 60.3 Å². The second kappa shape index (κ2) is 7.60. The normalized spacial score (nSPS) is 12.8. The van der Waals surface area contributed by atoms with Gasteiger partial charge in [-0.25, -0.2) is 4.79 Å². The van der Waals surface area contributed by atoms with Crippen LogP contribution in [0.5, 0.6) is 5.75 Å². The number of aromatic hydroxyl groups is 1. The molecule has 1 aromatic rings. The average Bonchev–Trinajstić information content (AvgIpc) is 2.32. The van der Waals surface area contributed by atoms with Gasteiger partial charge in [-0.15, -0.1) is 0 Å². The summed E-state index contributed by atoms with van der Waals surface area (Å²) in [4.78, 5) is 23.3. The number of halogens is 2. The quantitative estimate of drug-likeness (QED) is 0.421. The summed E-state index contributed by atoms with van der Waals surface area (Å²) in [6, 6.07) is 2.34. The molecule has 0 saturated carbocycles. The number of nitrogens with zero attached hydrogens (tertiary/aromatic N) is 1. The lowest BCUT2D eigenvalue weighted by Crippen LogP contribution is -2.49. The molecule has 0 bridgehead atoms. The number of phenolic OH excluding ortho intramolecular Hbond substituents is 1. The maximum atomic E-state index is 11.9. The van der Waals surface area contributed by atoms with Crippen molar-refractivity contribution in [2.45, 2.75) is 12.5 Å². The van der Waals surface area contributed by atoms with E-state index in [-0.39, 0.29) is 24.6 Å². The first-order chi connectivity index (χ1) is 9.99. The Kier molecular flexibility index (Phi) is 6.63. The predicted molar refractivity (Wildman–Crippen MR) is 94.7 cm³/mol. The molecule has 122 valence electrons. The van der Waals surface area contributed by atoms with Crippen LogP contribution in [0.15, 0.2) is 16.6 Å². The third kappa shape index (κ3) is 6.09. The van der Waals surface area contributed by atoms with Crippen molar-refractivity contribution in [3.8, 4) is 5.75 Å². The van der Waals surface area contributed by atoms with Crippen LogP contribution in [0.4, 0.5) is 0 Å². The number of carbonyl (C=O) groups excluding carboxylic acids is 1. The molecule has 0 spiro atoms. The molecule has 0 heterocycles. The minimum absolute atomic E-state index is 0.116. The van der Waals surface area contributed by atoms with E-state index < -0.39 is 12.0 Å². The summed E-state index contributed by atoms with van der Waals surface area (Å²) in [6.45, 7) is 0.195. The van der Waals surface area contributed by atoms with E-state index in [1.54, 1.807) is 12.1 Å². The number of carboxylic acids is 1.